The Kier molecular flexibility index (Phi) is 6.45. The summed E-state index contributed by atoms with van der Waals surface area (Å²) in [6.07, 6.45) is 1.13. The van der Waals surface area contributed by atoms with Crippen molar-refractivity contribution in [2.75, 3.05) is 45.9 Å². The zero-order valence-electron chi connectivity index (χ0n) is 11.8. The fourth-order valence-electron chi connectivity index (χ4n) is 2.88. The minimum atomic E-state index is 0.242. The molecule has 4 nitrogen and oxygen atoms in total. The molecule has 1 unspecified atom stereocenters. The van der Waals surface area contributed by atoms with E-state index in [-0.39, 0.29) is 12.6 Å². The van der Waals surface area contributed by atoms with Gasteiger partial charge in [0.05, 0.1) is 6.61 Å². The first-order valence-corrected chi connectivity index (χ1v) is 8.06. The van der Waals surface area contributed by atoms with Crippen LogP contribution in [0, 0.1) is 0 Å². The number of benzene rings is 1. The van der Waals surface area contributed by atoms with Gasteiger partial charge in [0.2, 0.25) is 0 Å². The molecule has 1 saturated heterocycles. The Morgan fingerprint density at radius 2 is 2.10 bits per heavy atom. The first kappa shape index (κ1) is 15.9. The Labute approximate surface area is 129 Å². The van der Waals surface area contributed by atoms with Crippen LogP contribution in [0.1, 0.15) is 18.0 Å². The second-order valence-electron chi connectivity index (χ2n) is 5.26. The Morgan fingerprint density at radius 1 is 1.25 bits per heavy atom. The van der Waals surface area contributed by atoms with Crippen LogP contribution in [0.25, 0.3) is 0 Å². The number of hydrogen-bond acceptors (Lipinski definition) is 4. The second-order valence-corrected chi connectivity index (χ2v) is 6.18. The highest BCUT2D eigenvalue weighted by Crippen LogP contribution is 2.24. The maximum absolute atomic E-state index is 9.06. The van der Waals surface area contributed by atoms with E-state index in [9.17, 15) is 0 Å². The van der Waals surface area contributed by atoms with Gasteiger partial charge in [-0.05, 0) is 30.7 Å². The van der Waals surface area contributed by atoms with E-state index < -0.39 is 0 Å². The van der Waals surface area contributed by atoms with Crippen molar-refractivity contribution < 1.29 is 5.11 Å². The number of nitrogens with zero attached hydrogens (tertiary/aromatic N) is 2. The Hall–Kier alpha value is -0.460. The standard InChI is InChI=1S/C15H24BrN3O/c16-14-4-1-3-13(11-14)15(12-17)19-6-2-5-18(7-8-19)9-10-20/h1,3-4,11,15,20H,2,5-10,12,17H2. The van der Waals surface area contributed by atoms with Gasteiger partial charge in [-0.2, -0.15) is 0 Å². The van der Waals surface area contributed by atoms with E-state index in [4.69, 9.17) is 10.8 Å². The summed E-state index contributed by atoms with van der Waals surface area (Å²) in [4.78, 5) is 4.80. The van der Waals surface area contributed by atoms with Crippen molar-refractivity contribution in [2.24, 2.45) is 5.73 Å². The fourth-order valence-corrected chi connectivity index (χ4v) is 3.29. The highest BCUT2D eigenvalue weighted by Gasteiger charge is 2.22. The molecule has 0 spiro atoms. The smallest absolute Gasteiger partial charge is 0.0558 e. The van der Waals surface area contributed by atoms with Crippen LogP contribution in [0.15, 0.2) is 28.7 Å². The summed E-state index contributed by atoms with van der Waals surface area (Å²) < 4.78 is 1.10. The summed E-state index contributed by atoms with van der Waals surface area (Å²) >= 11 is 3.53. The van der Waals surface area contributed by atoms with Crippen molar-refractivity contribution in [2.45, 2.75) is 12.5 Å². The summed E-state index contributed by atoms with van der Waals surface area (Å²) in [6.45, 7) is 5.79. The Balaban J connectivity index is 2.04. The maximum Gasteiger partial charge on any atom is 0.0558 e. The van der Waals surface area contributed by atoms with Crippen LogP contribution in [0.4, 0.5) is 0 Å². The molecule has 0 radical (unpaired) electrons. The lowest BCUT2D eigenvalue weighted by Crippen LogP contribution is -2.37. The number of β-amino-alcohol motifs (C(OH)–C–C–N with tert-alkyl or cyclic N) is 1. The molecule has 1 aliphatic rings. The molecule has 1 heterocycles. The van der Waals surface area contributed by atoms with Crippen molar-refractivity contribution in [3.05, 3.63) is 34.3 Å². The summed E-state index contributed by atoms with van der Waals surface area (Å²) in [5.41, 5.74) is 7.29. The van der Waals surface area contributed by atoms with Crippen molar-refractivity contribution in [3.63, 3.8) is 0 Å². The number of hydrogen-bond donors (Lipinski definition) is 2. The van der Waals surface area contributed by atoms with E-state index in [1.165, 1.54) is 5.56 Å². The maximum atomic E-state index is 9.06. The van der Waals surface area contributed by atoms with Gasteiger partial charge in [0.1, 0.15) is 0 Å². The van der Waals surface area contributed by atoms with Gasteiger partial charge >= 0.3 is 0 Å². The van der Waals surface area contributed by atoms with E-state index in [0.717, 1.165) is 43.6 Å². The van der Waals surface area contributed by atoms with Crippen molar-refractivity contribution in [1.29, 1.82) is 0 Å². The van der Waals surface area contributed by atoms with Crippen LogP contribution in [-0.2, 0) is 0 Å². The number of halogens is 1. The molecule has 1 aromatic carbocycles. The minimum Gasteiger partial charge on any atom is -0.395 e. The zero-order chi connectivity index (χ0) is 14.4. The molecule has 5 heteroatoms. The summed E-state index contributed by atoms with van der Waals surface area (Å²) in [7, 11) is 0. The van der Waals surface area contributed by atoms with Crippen LogP contribution in [0.3, 0.4) is 0 Å². The van der Waals surface area contributed by atoms with Gasteiger partial charge in [0, 0.05) is 43.2 Å². The van der Waals surface area contributed by atoms with Gasteiger partial charge in [-0.1, -0.05) is 28.1 Å². The average Bonchev–Trinajstić information content (AvgIpc) is 2.66. The van der Waals surface area contributed by atoms with Crippen LogP contribution in [0.2, 0.25) is 0 Å². The highest BCUT2D eigenvalue weighted by molar-refractivity contribution is 9.10. The van der Waals surface area contributed by atoms with Crippen LogP contribution in [0.5, 0.6) is 0 Å². The predicted octanol–water partition coefficient (Wildman–Crippen LogP) is 1.45. The van der Waals surface area contributed by atoms with Gasteiger partial charge in [-0.15, -0.1) is 0 Å². The third kappa shape index (κ3) is 4.27. The zero-order valence-corrected chi connectivity index (χ0v) is 13.4. The van der Waals surface area contributed by atoms with Crippen molar-refractivity contribution in [1.82, 2.24) is 9.80 Å². The number of aliphatic hydroxyl groups is 1. The van der Waals surface area contributed by atoms with Crippen molar-refractivity contribution in [3.8, 4) is 0 Å². The third-order valence-corrected chi connectivity index (χ3v) is 4.43. The second kappa shape index (κ2) is 8.10. The lowest BCUT2D eigenvalue weighted by molar-refractivity contribution is 0.182. The molecular formula is C15H24BrN3O. The van der Waals surface area contributed by atoms with E-state index in [0.29, 0.717) is 6.54 Å². The molecule has 0 amide bonds. The SMILES string of the molecule is NCC(c1cccc(Br)c1)N1CCCN(CCO)CC1. The molecule has 1 fully saturated rings. The first-order valence-electron chi connectivity index (χ1n) is 7.27. The van der Waals surface area contributed by atoms with Crippen LogP contribution in [-0.4, -0.2) is 60.8 Å². The van der Waals surface area contributed by atoms with E-state index in [1.807, 2.05) is 6.07 Å². The summed E-state index contributed by atoms with van der Waals surface area (Å²) in [5, 5.41) is 9.06. The molecule has 0 bridgehead atoms. The van der Waals surface area contributed by atoms with E-state index >= 15 is 0 Å². The molecule has 2 rings (SSSR count). The molecule has 20 heavy (non-hydrogen) atoms. The normalized spacial score (nSPS) is 19.8. The molecular weight excluding hydrogens is 318 g/mol. The van der Waals surface area contributed by atoms with Gasteiger partial charge < -0.3 is 10.8 Å². The molecule has 0 saturated carbocycles. The first-order chi connectivity index (χ1) is 9.74. The van der Waals surface area contributed by atoms with Crippen molar-refractivity contribution >= 4 is 15.9 Å². The lowest BCUT2D eigenvalue weighted by atomic mass is 10.1. The summed E-state index contributed by atoms with van der Waals surface area (Å²) in [5.74, 6) is 0. The third-order valence-electron chi connectivity index (χ3n) is 3.94. The van der Waals surface area contributed by atoms with Crippen LogP contribution >= 0.6 is 15.9 Å². The molecule has 0 aliphatic carbocycles. The van der Waals surface area contributed by atoms with E-state index in [1.54, 1.807) is 0 Å². The fraction of sp³-hybridized carbons (Fsp3) is 0.600. The molecule has 112 valence electrons. The summed E-state index contributed by atoms with van der Waals surface area (Å²) in [6, 6.07) is 8.70. The van der Waals surface area contributed by atoms with Gasteiger partial charge in [-0.25, -0.2) is 0 Å². The molecule has 0 aromatic heterocycles. The molecule has 3 N–H and O–H groups in total. The Bertz CT molecular complexity index is 416. The number of aliphatic hydroxyl groups excluding tert-OH is 1. The number of nitrogens with two attached hydrogens (primary N) is 1. The van der Waals surface area contributed by atoms with Gasteiger partial charge in [0.15, 0.2) is 0 Å². The van der Waals surface area contributed by atoms with Gasteiger partial charge in [0.25, 0.3) is 0 Å². The predicted molar refractivity (Wildman–Crippen MR) is 85.7 cm³/mol. The average molecular weight is 342 g/mol. The number of rotatable bonds is 5. The highest BCUT2D eigenvalue weighted by atomic mass is 79.9. The molecule has 1 aromatic rings. The van der Waals surface area contributed by atoms with Crippen LogP contribution < -0.4 is 5.73 Å². The monoisotopic (exact) mass is 341 g/mol. The minimum absolute atomic E-state index is 0.242. The van der Waals surface area contributed by atoms with E-state index in [2.05, 4.69) is 43.9 Å². The lowest BCUT2D eigenvalue weighted by Gasteiger charge is -2.30. The topological polar surface area (TPSA) is 52.7 Å². The van der Waals surface area contributed by atoms with Gasteiger partial charge in [-0.3, -0.25) is 9.80 Å². The molecule has 1 aliphatic heterocycles. The quantitative estimate of drug-likeness (QED) is 0.851. The Morgan fingerprint density at radius 3 is 2.80 bits per heavy atom. The molecule has 1 atom stereocenters. The largest absolute Gasteiger partial charge is 0.395 e.